The highest BCUT2D eigenvalue weighted by Gasteiger charge is 2.17. The van der Waals surface area contributed by atoms with E-state index in [2.05, 4.69) is 19.2 Å². The molecule has 0 aliphatic carbocycles. The van der Waals surface area contributed by atoms with Gasteiger partial charge in [-0.05, 0) is 24.8 Å². The molecule has 0 fully saturated rings. The first-order valence-corrected chi connectivity index (χ1v) is 6.20. The maximum atomic E-state index is 11.5. The molecule has 0 saturated heterocycles. The van der Waals surface area contributed by atoms with E-state index in [1.165, 1.54) is 0 Å². The highest BCUT2D eigenvalue weighted by Crippen LogP contribution is 2.25. The molecule has 0 aromatic heterocycles. The summed E-state index contributed by atoms with van der Waals surface area (Å²) in [5, 5.41) is 2.72. The van der Waals surface area contributed by atoms with Crippen LogP contribution < -0.4 is 16.8 Å². The minimum absolute atomic E-state index is 0.0113. The number of nitrogens with one attached hydrogen (secondary N) is 1. The molecule has 0 rings (SSSR count). The minimum Gasteiger partial charge on any atom is -0.370 e. The largest absolute Gasteiger partial charge is 0.370 e. The average Bonchev–Trinajstić information content (AvgIpc) is 2.25. The van der Waals surface area contributed by atoms with Crippen molar-refractivity contribution in [3.8, 4) is 0 Å². The second kappa shape index (κ2) is 8.88. The fourth-order valence-corrected chi connectivity index (χ4v) is 1.49. The second-order valence-corrected chi connectivity index (χ2v) is 5.07. The normalized spacial score (nSPS) is 11.3. The molecule has 0 heterocycles. The number of carbonyl (C=O) groups is 2. The quantitative estimate of drug-likeness (QED) is 0.470. The number of rotatable bonds is 10. The Bertz CT molecular complexity index is 267. The third-order valence-corrected chi connectivity index (χ3v) is 2.66. The van der Waals surface area contributed by atoms with Crippen LogP contribution in [-0.4, -0.2) is 38.1 Å². The molecule has 18 heavy (non-hydrogen) atoms. The van der Waals surface area contributed by atoms with Crippen molar-refractivity contribution in [3.05, 3.63) is 0 Å². The Hall–Kier alpha value is -1.14. The first kappa shape index (κ1) is 16.9. The fourth-order valence-electron chi connectivity index (χ4n) is 1.49. The third kappa shape index (κ3) is 10.0. The van der Waals surface area contributed by atoms with Gasteiger partial charge in [-0.3, -0.25) is 9.59 Å². The van der Waals surface area contributed by atoms with Crippen molar-refractivity contribution in [1.29, 1.82) is 0 Å². The Morgan fingerprint density at radius 2 is 1.94 bits per heavy atom. The molecule has 0 aliphatic heterocycles. The molecular weight excluding hydrogens is 234 g/mol. The number of primary amides is 1. The van der Waals surface area contributed by atoms with Gasteiger partial charge in [-0.25, -0.2) is 0 Å². The summed E-state index contributed by atoms with van der Waals surface area (Å²) in [5.74, 6) is -0.521. The van der Waals surface area contributed by atoms with Crippen LogP contribution in [0.1, 0.15) is 33.1 Å². The van der Waals surface area contributed by atoms with Crippen molar-refractivity contribution in [2.75, 3.05) is 26.3 Å². The summed E-state index contributed by atoms with van der Waals surface area (Å²) < 4.78 is 4.92. The van der Waals surface area contributed by atoms with Gasteiger partial charge in [-0.1, -0.05) is 13.8 Å². The Morgan fingerprint density at radius 3 is 2.50 bits per heavy atom. The molecule has 0 unspecified atom stereocenters. The van der Waals surface area contributed by atoms with Gasteiger partial charge in [0.1, 0.15) is 6.61 Å². The highest BCUT2D eigenvalue weighted by atomic mass is 16.5. The number of nitrogens with two attached hydrogens (primary N) is 2. The van der Waals surface area contributed by atoms with E-state index in [0.29, 0.717) is 26.1 Å². The van der Waals surface area contributed by atoms with Crippen LogP contribution in [0.4, 0.5) is 0 Å². The second-order valence-electron chi connectivity index (χ2n) is 5.07. The van der Waals surface area contributed by atoms with Gasteiger partial charge in [0.15, 0.2) is 0 Å². The Kier molecular flexibility index (Phi) is 8.32. The Labute approximate surface area is 108 Å². The lowest BCUT2D eigenvalue weighted by Gasteiger charge is -2.23. The van der Waals surface area contributed by atoms with Crippen LogP contribution in [0.5, 0.6) is 0 Å². The highest BCUT2D eigenvalue weighted by molar-refractivity contribution is 5.76. The van der Waals surface area contributed by atoms with Crippen molar-refractivity contribution in [2.24, 2.45) is 16.9 Å². The number of hydrogen-bond donors (Lipinski definition) is 3. The summed E-state index contributed by atoms with van der Waals surface area (Å²) in [5.41, 5.74) is 10.5. The average molecular weight is 259 g/mol. The predicted molar refractivity (Wildman–Crippen MR) is 69.7 cm³/mol. The predicted octanol–water partition coefficient (Wildman–Crippen LogP) is -0.240. The van der Waals surface area contributed by atoms with Gasteiger partial charge < -0.3 is 21.5 Å². The van der Waals surface area contributed by atoms with E-state index in [-0.39, 0.29) is 17.9 Å². The van der Waals surface area contributed by atoms with Crippen LogP contribution in [0.2, 0.25) is 0 Å². The SMILES string of the molecule is CC(C)(CCN)CCC(=O)NCCOCC(N)=O. The summed E-state index contributed by atoms with van der Waals surface area (Å²) in [4.78, 5) is 21.9. The number of amides is 2. The zero-order valence-electron chi connectivity index (χ0n) is 11.3. The van der Waals surface area contributed by atoms with Crippen LogP contribution >= 0.6 is 0 Å². The Balaban J connectivity index is 3.57. The van der Waals surface area contributed by atoms with Gasteiger partial charge in [-0.15, -0.1) is 0 Å². The number of carbonyl (C=O) groups excluding carboxylic acids is 2. The molecule has 0 atom stereocenters. The van der Waals surface area contributed by atoms with Crippen LogP contribution in [0.25, 0.3) is 0 Å². The van der Waals surface area contributed by atoms with Crippen LogP contribution in [-0.2, 0) is 14.3 Å². The summed E-state index contributed by atoms with van der Waals surface area (Å²) in [6.07, 6.45) is 2.18. The van der Waals surface area contributed by atoms with Gasteiger partial charge in [0.05, 0.1) is 6.61 Å². The first-order valence-electron chi connectivity index (χ1n) is 6.20. The summed E-state index contributed by atoms with van der Waals surface area (Å²) in [6, 6.07) is 0. The van der Waals surface area contributed by atoms with Gasteiger partial charge in [0.25, 0.3) is 0 Å². The maximum Gasteiger partial charge on any atom is 0.243 e. The van der Waals surface area contributed by atoms with E-state index in [1.54, 1.807) is 0 Å². The molecule has 0 radical (unpaired) electrons. The topological polar surface area (TPSA) is 107 Å². The molecule has 106 valence electrons. The molecule has 2 amide bonds. The van der Waals surface area contributed by atoms with Crippen molar-refractivity contribution < 1.29 is 14.3 Å². The molecule has 6 nitrogen and oxygen atoms in total. The summed E-state index contributed by atoms with van der Waals surface area (Å²) >= 11 is 0. The third-order valence-electron chi connectivity index (χ3n) is 2.66. The molecule has 0 bridgehead atoms. The van der Waals surface area contributed by atoms with Gasteiger partial charge in [-0.2, -0.15) is 0 Å². The maximum absolute atomic E-state index is 11.5. The van der Waals surface area contributed by atoms with Gasteiger partial charge in [0, 0.05) is 13.0 Å². The van der Waals surface area contributed by atoms with E-state index >= 15 is 0 Å². The monoisotopic (exact) mass is 259 g/mol. The molecule has 0 aromatic rings. The lowest BCUT2D eigenvalue weighted by molar-refractivity contribution is -0.122. The standard InChI is InChI=1S/C12H25N3O3/c1-12(2,5-6-13)4-3-11(17)15-7-8-18-9-10(14)16/h3-9,13H2,1-2H3,(H2,14,16)(H,15,17). The number of hydrogen-bond acceptors (Lipinski definition) is 4. The molecule has 0 saturated carbocycles. The molecule has 5 N–H and O–H groups in total. The van der Waals surface area contributed by atoms with Crippen molar-refractivity contribution in [1.82, 2.24) is 5.32 Å². The first-order chi connectivity index (χ1) is 8.37. The summed E-state index contributed by atoms with van der Waals surface area (Å²) in [6.45, 7) is 5.41. The van der Waals surface area contributed by atoms with E-state index < -0.39 is 5.91 Å². The van der Waals surface area contributed by atoms with E-state index in [1.807, 2.05) is 0 Å². The van der Waals surface area contributed by atoms with E-state index in [0.717, 1.165) is 12.8 Å². The van der Waals surface area contributed by atoms with Crippen LogP contribution in [0, 0.1) is 5.41 Å². The van der Waals surface area contributed by atoms with Gasteiger partial charge in [0.2, 0.25) is 11.8 Å². The molecular formula is C12H25N3O3. The van der Waals surface area contributed by atoms with E-state index in [4.69, 9.17) is 16.2 Å². The van der Waals surface area contributed by atoms with Crippen LogP contribution in [0.3, 0.4) is 0 Å². The lowest BCUT2D eigenvalue weighted by atomic mass is 9.84. The lowest BCUT2D eigenvalue weighted by Crippen LogP contribution is -2.30. The zero-order chi connectivity index (χ0) is 14.0. The summed E-state index contributed by atoms with van der Waals surface area (Å²) in [7, 11) is 0. The molecule has 6 heteroatoms. The van der Waals surface area contributed by atoms with E-state index in [9.17, 15) is 9.59 Å². The van der Waals surface area contributed by atoms with Crippen molar-refractivity contribution in [3.63, 3.8) is 0 Å². The Morgan fingerprint density at radius 1 is 1.28 bits per heavy atom. The zero-order valence-corrected chi connectivity index (χ0v) is 11.3. The molecule has 0 aliphatic rings. The molecule has 0 aromatic carbocycles. The smallest absolute Gasteiger partial charge is 0.243 e. The number of ether oxygens (including phenoxy) is 1. The molecule has 0 spiro atoms. The van der Waals surface area contributed by atoms with Crippen molar-refractivity contribution in [2.45, 2.75) is 33.1 Å². The van der Waals surface area contributed by atoms with Gasteiger partial charge >= 0.3 is 0 Å². The van der Waals surface area contributed by atoms with Crippen molar-refractivity contribution >= 4 is 11.8 Å². The minimum atomic E-state index is -0.509. The van der Waals surface area contributed by atoms with Crippen LogP contribution in [0.15, 0.2) is 0 Å². The fraction of sp³-hybridized carbons (Fsp3) is 0.833.